The highest BCUT2D eigenvalue weighted by molar-refractivity contribution is 6.05. The third-order valence-corrected chi connectivity index (χ3v) is 8.06. The maximum atomic E-state index is 13.7. The Morgan fingerprint density at radius 3 is 1.00 bits per heavy atom. The largest absolute Gasteiger partial charge is 0.468 e. The highest BCUT2D eigenvalue weighted by atomic mass is 16.6. The molecule has 0 spiro atoms. The second-order valence-electron chi connectivity index (χ2n) is 10.4. The van der Waals surface area contributed by atoms with Crippen molar-refractivity contribution in [3.63, 3.8) is 0 Å². The summed E-state index contributed by atoms with van der Waals surface area (Å²) in [5, 5.41) is 0. The third-order valence-electron chi connectivity index (χ3n) is 8.06. The van der Waals surface area contributed by atoms with Gasteiger partial charge in [0.15, 0.2) is 10.8 Å². The number of carbonyl (C=O) groups excluding carboxylic acids is 4. The number of rotatable bonds is 8. The molecule has 0 bridgehead atoms. The Hall–Kier alpha value is -4.08. The van der Waals surface area contributed by atoms with Gasteiger partial charge in [-0.1, -0.05) is 24.3 Å². The number of hydrogen-bond donors (Lipinski definition) is 0. The first-order valence-corrected chi connectivity index (χ1v) is 12.8. The second kappa shape index (κ2) is 12.0. The number of nitrogens with zero attached hydrogens (tertiary/aromatic N) is 2. The van der Waals surface area contributed by atoms with Crippen molar-refractivity contribution >= 4 is 35.3 Å². The first kappa shape index (κ1) is 30.5. The topological polar surface area (TPSA) is 112 Å². The highest BCUT2D eigenvalue weighted by Gasteiger charge is 2.69. The normalized spacial score (nSPS) is 19.1. The van der Waals surface area contributed by atoms with Gasteiger partial charge in [0.2, 0.25) is 0 Å². The minimum Gasteiger partial charge on any atom is -0.468 e. The zero-order valence-electron chi connectivity index (χ0n) is 24.3. The lowest BCUT2D eigenvalue weighted by Crippen LogP contribution is -2.59. The number of hydrogen-bond acceptors (Lipinski definition) is 10. The van der Waals surface area contributed by atoms with E-state index in [1.165, 1.54) is 28.4 Å². The number of methoxy groups -OCH3 is 4. The molecule has 10 heteroatoms. The van der Waals surface area contributed by atoms with Crippen LogP contribution in [0.4, 0.5) is 11.4 Å². The standard InChI is InChI=1S/C30H38N2O8/c1-31(2)21-13-9-19(10-14-21)23-17-30(27(35)39-7,28(36)40-8)24(20-11-15-22(16-12-20)32(3)4)18-29(23,25(33)37-5)26(34)38-6/h9-16,23-24H,17-18H2,1-8H3/t23-,24-/m1/s1. The van der Waals surface area contributed by atoms with Gasteiger partial charge in [0, 0.05) is 51.4 Å². The van der Waals surface area contributed by atoms with E-state index in [1.807, 2.05) is 62.3 Å². The highest BCUT2D eigenvalue weighted by Crippen LogP contribution is 2.61. The molecule has 0 N–H and O–H groups in total. The van der Waals surface area contributed by atoms with Gasteiger partial charge in [-0.25, -0.2) is 0 Å². The molecule has 40 heavy (non-hydrogen) atoms. The Kier molecular flexibility index (Phi) is 9.12. The van der Waals surface area contributed by atoms with E-state index >= 15 is 0 Å². The third kappa shape index (κ3) is 4.98. The molecule has 216 valence electrons. The van der Waals surface area contributed by atoms with Crippen LogP contribution in [0.15, 0.2) is 48.5 Å². The molecular formula is C30H38N2O8. The Balaban J connectivity index is 2.39. The number of carbonyl (C=O) groups is 4. The van der Waals surface area contributed by atoms with Crippen molar-refractivity contribution in [1.29, 1.82) is 0 Å². The van der Waals surface area contributed by atoms with Gasteiger partial charge in [0.05, 0.1) is 28.4 Å². The molecule has 2 atom stereocenters. The van der Waals surface area contributed by atoms with Gasteiger partial charge >= 0.3 is 23.9 Å². The molecular weight excluding hydrogens is 516 g/mol. The Morgan fingerprint density at radius 1 is 0.550 bits per heavy atom. The van der Waals surface area contributed by atoms with Crippen LogP contribution in [0.5, 0.6) is 0 Å². The average Bonchev–Trinajstić information content (AvgIpc) is 2.98. The molecule has 0 aliphatic heterocycles. The van der Waals surface area contributed by atoms with E-state index in [0.29, 0.717) is 11.1 Å². The van der Waals surface area contributed by atoms with Gasteiger partial charge in [-0.05, 0) is 48.2 Å². The lowest BCUT2D eigenvalue weighted by atomic mass is 9.50. The molecule has 1 fully saturated rings. The summed E-state index contributed by atoms with van der Waals surface area (Å²) in [6.07, 6.45) is -0.532. The van der Waals surface area contributed by atoms with Crippen molar-refractivity contribution < 1.29 is 38.1 Å². The number of esters is 4. The molecule has 0 radical (unpaired) electrons. The van der Waals surface area contributed by atoms with Crippen LogP contribution in [0.25, 0.3) is 0 Å². The average molecular weight is 555 g/mol. The zero-order chi connectivity index (χ0) is 29.8. The molecule has 0 amide bonds. The van der Waals surface area contributed by atoms with Crippen LogP contribution in [0.3, 0.4) is 0 Å². The molecule has 2 aromatic rings. The first-order chi connectivity index (χ1) is 18.9. The maximum Gasteiger partial charge on any atom is 0.323 e. The molecule has 1 aliphatic rings. The predicted molar refractivity (Wildman–Crippen MR) is 149 cm³/mol. The lowest BCUT2D eigenvalue weighted by molar-refractivity contribution is -0.189. The van der Waals surface area contributed by atoms with E-state index in [4.69, 9.17) is 18.9 Å². The zero-order valence-corrected chi connectivity index (χ0v) is 24.3. The molecule has 0 saturated heterocycles. The SMILES string of the molecule is COC(=O)C1(C(=O)OC)C[C@H](c2ccc(N(C)C)cc2)C(C(=O)OC)(C(=O)OC)C[C@@H]1c1ccc(N(C)C)cc1. The number of benzene rings is 2. The van der Waals surface area contributed by atoms with E-state index in [9.17, 15) is 19.2 Å². The van der Waals surface area contributed by atoms with Crippen LogP contribution in [0.1, 0.15) is 35.8 Å². The summed E-state index contributed by atoms with van der Waals surface area (Å²) in [6.45, 7) is 0. The lowest BCUT2D eigenvalue weighted by Gasteiger charge is -2.50. The molecule has 10 nitrogen and oxygen atoms in total. The van der Waals surface area contributed by atoms with Crippen LogP contribution in [0, 0.1) is 10.8 Å². The van der Waals surface area contributed by atoms with E-state index in [0.717, 1.165) is 11.4 Å². The van der Waals surface area contributed by atoms with Crippen molar-refractivity contribution in [2.75, 3.05) is 66.4 Å². The summed E-state index contributed by atoms with van der Waals surface area (Å²) < 4.78 is 20.9. The molecule has 0 unspecified atom stereocenters. The van der Waals surface area contributed by atoms with Gasteiger partial charge < -0.3 is 28.7 Å². The molecule has 1 saturated carbocycles. The van der Waals surface area contributed by atoms with E-state index in [1.54, 1.807) is 24.3 Å². The van der Waals surface area contributed by atoms with E-state index in [2.05, 4.69) is 0 Å². The second-order valence-corrected chi connectivity index (χ2v) is 10.4. The Bertz CT molecular complexity index is 1110. The summed E-state index contributed by atoms with van der Waals surface area (Å²) >= 11 is 0. The Morgan fingerprint density at radius 2 is 0.800 bits per heavy atom. The number of ether oxygens (including phenoxy) is 4. The fourth-order valence-corrected chi connectivity index (χ4v) is 5.89. The molecule has 0 heterocycles. The van der Waals surface area contributed by atoms with Crippen LogP contribution < -0.4 is 9.80 Å². The van der Waals surface area contributed by atoms with Crippen molar-refractivity contribution in [3.05, 3.63) is 59.7 Å². The summed E-state index contributed by atoms with van der Waals surface area (Å²) in [6, 6.07) is 14.4. The predicted octanol–water partition coefficient (Wildman–Crippen LogP) is 3.14. The fourth-order valence-electron chi connectivity index (χ4n) is 5.89. The van der Waals surface area contributed by atoms with Crippen LogP contribution in [0.2, 0.25) is 0 Å². The maximum absolute atomic E-state index is 13.7. The van der Waals surface area contributed by atoms with Gasteiger partial charge in [-0.2, -0.15) is 0 Å². The van der Waals surface area contributed by atoms with Crippen LogP contribution in [-0.2, 0) is 38.1 Å². The number of anilines is 2. The van der Waals surface area contributed by atoms with E-state index in [-0.39, 0.29) is 12.8 Å². The smallest absolute Gasteiger partial charge is 0.323 e. The van der Waals surface area contributed by atoms with Gasteiger partial charge in [-0.3, -0.25) is 19.2 Å². The summed E-state index contributed by atoms with van der Waals surface area (Å²) in [5.41, 5.74) is -0.876. The van der Waals surface area contributed by atoms with Crippen molar-refractivity contribution in [2.24, 2.45) is 10.8 Å². The summed E-state index contributed by atoms with van der Waals surface area (Å²) in [7, 11) is 12.3. The summed E-state index contributed by atoms with van der Waals surface area (Å²) in [4.78, 5) is 58.6. The molecule has 1 aliphatic carbocycles. The molecule has 0 aromatic heterocycles. The van der Waals surface area contributed by atoms with Crippen molar-refractivity contribution in [1.82, 2.24) is 0 Å². The fraction of sp³-hybridized carbons (Fsp3) is 0.467. The van der Waals surface area contributed by atoms with Crippen molar-refractivity contribution in [2.45, 2.75) is 24.7 Å². The Labute approximate surface area is 235 Å². The first-order valence-electron chi connectivity index (χ1n) is 12.8. The van der Waals surface area contributed by atoms with Gasteiger partial charge in [0.25, 0.3) is 0 Å². The molecule has 3 rings (SSSR count). The van der Waals surface area contributed by atoms with Crippen LogP contribution in [-0.4, -0.2) is 80.5 Å². The summed E-state index contributed by atoms with van der Waals surface area (Å²) in [5.74, 6) is -5.25. The quantitative estimate of drug-likeness (QED) is 0.274. The van der Waals surface area contributed by atoms with Gasteiger partial charge in [0.1, 0.15) is 0 Å². The monoisotopic (exact) mass is 554 g/mol. The molecule has 2 aromatic carbocycles. The minimum atomic E-state index is -1.88. The minimum absolute atomic E-state index is 0.266. The van der Waals surface area contributed by atoms with E-state index < -0.39 is 46.5 Å². The van der Waals surface area contributed by atoms with Gasteiger partial charge in [-0.15, -0.1) is 0 Å². The van der Waals surface area contributed by atoms with Crippen LogP contribution >= 0.6 is 0 Å². The van der Waals surface area contributed by atoms with Crippen molar-refractivity contribution in [3.8, 4) is 0 Å².